The number of halogens is 1. The van der Waals surface area contributed by atoms with E-state index in [0.29, 0.717) is 12.5 Å². The van der Waals surface area contributed by atoms with E-state index in [1.807, 2.05) is 6.92 Å². The molecule has 0 aromatic carbocycles. The number of nitrogen functional groups attached to an aromatic ring is 2. The number of nitrogens with two attached hydrogens (primary N) is 2. The summed E-state index contributed by atoms with van der Waals surface area (Å²) in [6.45, 7) is 2.72. The molecule has 0 spiro atoms. The molecule has 0 saturated heterocycles. The summed E-state index contributed by atoms with van der Waals surface area (Å²) in [5.74, 6) is 0.242. The average Bonchev–Trinajstić information content (AvgIpc) is 2.38. The van der Waals surface area contributed by atoms with Gasteiger partial charge in [-0.2, -0.15) is 0 Å². The second-order valence-electron chi connectivity index (χ2n) is 3.88. The number of aromatic nitrogens is 4. The molecule has 0 aliphatic carbocycles. The van der Waals surface area contributed by atoms with E-state index in [1.54, 1.807) is 0 Å². The first-order chi connectivity index (χ1) is 9.58. The van der Waals surface area contributed by atoms with Crippen LogP contribution in [-0.2, 0) is 0 Å². The van der Waals surface area contributed by atoms with Crippen molar-refractivity contribution in [2.45, 2.75) is 23.5 Å². The largest absolute Gasteiger partial charge is 0.383 e. The number of rotatable bonds is 5. The van der Waals surface area contributed by atoms with Crippen molar-refractivity contribution in [1.29, 1.82) is 0 Å². The second-order valence-corrected chi connectivity index (χ2v) is 4.83. The standard InChI is InChI=1S/C11H14FN7S/c1-2-3-15-10-16-5-6(12)9(19-10)20-11-17-7(13)4-8(14)18-11/h4-5H,2-3H2,1H3,(H,15,16,19)(H4,13,14,17,18). The molecular weight excluding hydrogens is 281 g/mol. The van der Waals surface area contributed by atoms with Crippen LogP contribution in [0.2, 0.25) is 0 Å². The highest BCUT2D eigenvalue weighted by atomic mass is 32.2. The van der Waals surface area contributed by atoms with E-state index in [0.717, 1.165) is 24.4 Å². The van der Waals surface area contributed by atoms with Crippen LogP contribution >= 0.6 is 11.8 Å². The SMILES string of the molecule is CCCNc1ncc(F)c(Sc2nc(N)cc(N)n2)n1. The van der Waals surface area contributed by atoms with Gasteiger partial charge in [0.05, 0.1) is 6.20 Å². The molecule has 2 rings (SSSR count). The van der Waals surface area contributed by atoms with Crippen molar-refractivity contribution in [3.63, 3.8) is 0 Å². The third-order valence-corrected chi connectivity index (χ3v) is 3.02. The highest BCUT2D eigenvalue weighted by Gasteiger charge is 2.11. The minimum atomic E-state index is -0.554. The summed E-state index contributed by atoms with van der Waals surface area (Å²) < 4.78 is 13.7. The van der Waals surface area contributed by atoms with Crippen molar-refractivity contribution >= 4 is 29.3 Å². The highest BCUT2D eigenvalue weighted by molar-refractivity contribution is 7.99. The Hall–Kier alpha value is -2.16. The topological polar surface area (TPSA) is 116 Å². The summed E-state index contributed by atoms with van der Waals surface area (Å²) in [5.41, 5.74) is 11.1. The summed E-state index contributed by atoms with van der Waals surface area (Å²) >= 11 is 0.942. The van der Waals surface area contributed by atoms with Gasteiger partial charge in [-0.15, -0.1) is 0 Å². The molecule has 0 saturated carbocycles. The van der Waals surface area contributed by atoms with E-state index < -0.39 is 5.82 Å². The lowest BCUT2D eigenvalue weighted by Crippen LogP contribution is -2.06. The maximum absolute atomic E-state index is 13.7. The van der Waals surface area contributed by atoms with Crippen molar-refractivity contribution in [3.8, 4) is 0 Å². The third kappa shape index (κ3) is 3.67. The van der Waals surface area contributed by atoms with Crippen LogP contribution in [0.15, 0.2) is 22.4 Å². The predicted molar refractivity (Wildman–Crippen MR) is 75.8 cm³/mol. The van der Waals surface area contributed by atoms with Crippen LogP contribution in [0.1, 0.15) is 13.3 Å². The van der Waals surface area contributed by atoms with E-state index in [-0.39, 0.29) is 21.8 Å². The van der Waals surface area contributed by atoms with Gasteiger partial charge in [-0.3, -0.25) is 0 Å². The van der Waals surface area contributed by atoms with Crippen molar-refractivity contribution in [2.24, 2.45) is 0 Å². The van der Waals surface area contributed by atoms with E-state index in [2.05, 4.69) is 25.3 Å². The number of hydrogen-bond donors (Lipinski definition) is 3. The summed E-state index contributed by atoms with van der Waals surface area (Å²) in [7, 11) is 0. The van der Waals surface area contributed by atoms with Crippen molar-refractivity contribution in [2.75, 3.05) is 23.3 Å². The molecule has 0 aliphatic heterocycles. The lowest BCUT2D eigenvalue weighted by molar-refractivity contribution is 0.579. The quantitative estimate of drug-likeness (QED) is 0.562. The van der Waals surface area contributed by atoms with Crippen LogP contribution in [0, 0.1) is 5.82 Å². The van der Waals surface area contributed by atoms with Gasteiger partial charge in [-0.05, 0) is 18.2 Å². The minimum absolute atomic E-state index is 0.114. The molecule has 2 heterocycles. The van der Waals surface area contributed by atoms with Gasteiger partial charge in [0.2, 0.25) is 5.95 Å². The van der Waals surface area contributed by atoms with Crippen LogP contribution in [0.5, 0.6) is 0 Å². The van der Waals surface area contributed by atoms with E-state index in [1.165, 1.54) is 6.07 Å². The molecule has 2 aromatic rings. The average molecular weight is 295 g/mol. The Bertz CT molecular complexity index is 587. The number of hydrogen-bond acceptors (Lipinski definition) is 8. The summed E-state index contributed by atoms with van der Waals surface area (Å²) in [4.78, 5) is 15.8. The number of nitrogens with zero attached hydrogens (tertiary/aromatic N) is 4. The maximum atomic E-state index is 13.7. The molecule has 0 atom stereocenters. The molecule has 106 valence electrons. The molecule has 0 aliphatic rings. The van der Waals surface area contributed by atoms with Crippen LogP contribution in [0.4, 0.5) is 22.0 Å². The number of anilines is 3. The Labute approximate surface area is 119 Å². The van der Waals surface area contributed by atoms with Gasteiger partial charge in [0.1, 0.15) is 16.7 Å². The van der Waals surface area contributed by atoms with Gasteiger partial charge in [0, 0.05) is 12.6 Å². The molecule has 7 nitrogen and oxygen atoms in total. The van der Waals surface area contributed by atoms with Crippen LogP contribution in [0.25, 0.3) is 0 Å². The van der Waals surface area contributed by atoms with E-state index >= 15 is 0 Å². The Morgan fingerprint density at radius 3 is 2.60 bits per heavy atom. The number of nitrogens with one attached hydrogen (secondary N) is 1. The molecule has 0 unspecified atom stereocenters. The first-order valence-electron chi connectivity index (χ1n) is 5.92. The van der Waals surface area contributed by atoms with Crippen molar-refractivity contribution < 1.29 is 4.39 Å². The Morgan fingerprint density at radius 1 is 1.25 bits per heavy atom. The van der Waals surface area contributed by atoms with Gasteiger partial charge in [-0.25, -0.2) is 24.3 Å². The summed E-state index contributed by atoms with van der Waals surface area (Å²) in [6.07, 6.45) is 2.01. The first-order valence-corrected chi connectivity index (χ1v) is 6.74. The zero-order valence-electron chi connectivity index (χ0n) is 10.8. The second kappa shape index (κ2) is 6.33. The van der Waals surface area contributed by atoms with Gasteiger partial charge < -0.3 is 16.8 Å². The molecule has 9 heteroatoms. The van der Waals surface area contributed by atoms with Crippen LogP contribution in [-0.4, -0.2) is 26.5 Å². The van der Waals surface area contributed by atoms with Crippen LogP contribution in [0.3, 0.4) is 0 Å². The van der Waals surface area contributed by atoms with Gasteiger partial charge in [0.25, 0.3) is 0 Å². The Morgan fingerprint density at radius 2 is 1.95 bits per heavy atom. The highest BCUT2D eigenvalue weighted by Crippen LogP contribution is 2.26. The molecular formula is C11H14FN7S. The van der Waals surface area contributed by atoms with E-state index in [4.69, 9.17) is 11.5 Å². The zero-order valence-corrected chi connectivity index (χ0v) is 11.6. The van der Waals surface area contributed by atoms with Gasteiger partial charge >= 0.3 is 0 Å². The fourth-order valence-corrected chi connectivity index (χ4v) is 2.10. The Balaban J connectivity index is 2.23. The van der Waals surface area contributed by atoms with E-state index in [9.17, 15) is 4.39 Å². The molecule has 0 radical (unpaired) electrons. The molecule has 20 heavy (non-hydrogen) atoms. The van der Waals surface area contributed by atoms with Gasteiger partial charge in [-0.1, -0.05) is 6.92 Å². The lowest BCUT2D eigenvalue weighted by atomic mass is 10.5. The van der Waals surface area contributed by atoms with Crippen molar-refractivity contribution in [1.82, 2.24) is 19.9 Å². The first kappa shape index (κ1) is 14.3. The zero-order chi connectivity index (χ0) is 14.5. The fraction of sp³-hybridized carbons (Fsp3) is 0.273. The smallest absolute Gasteiger partial charge is 0.223 e. The monoisotopic (exact) mass is 295 g/mol. The van der Waals surface area contributed by atoms with Gasteiger partial charge in [0.15, 0.2) is 11.0 Å². The normalized spacial score (nSPS) is 10.5. The molecule has 5 N–H and O–H groups in total. The van der Waals surface area contributed by atoms with Crippen LogP contribution < -0.4 is 16.8 Å². The molecule has 0 bridgehead atoms. The Kier molecular flexibility index (Phi) is 4.51. The minimum Gasteiger partial charge on any atom is -0.383 e. The maximum Gasteiger partial charge on any atom is 0.223 e. The molecule has 0 fully saturated rings. The fourth-order valence-electron chi connectivity index (χ4n) is 1.34. The lowest BCUT2D eigenvalue weighted by Gasteiger charge is -2.06. The predicted octanol–water partition coefficient (Wildman–Crippen LogP) is 1.54. The summed E-state index contributed by atoms with van der Waals surface area (Å²) in [5, 5.41) is 3.33. The molecule has 2 aromatic heterocycles. The molecule has 0 amide bonds. The summed E-state index contributed by atoms with van der Waals surface area (Å²) in [6, 6.07) is 1.43. The van der Waals surface area contributed by atoms with Crippen molar-refractivity contribution in [3.05, 3.63) is 18.1 Å². The third-order valence-electron chi connectivity index (χ3n) is 2.18.